The van der Waals surface area contributed by atoms with Crippen molar-refractivity contribution in [3.05, 3.63) is 39.9 Å². The number of rotatable bonds is 5. The summed E-state index contributed by atoms with van der Waals surface area (Å²) in [5, 5.41) is 28.6. The van der Waals surface area contributed by atoms with Gasteiger partial charge in [-0.05, 0) is 0 Å². The third kappa shape index (κ3) is 4.12. The Bertz CT molecular complexity index is 688. The van der Waals surface area contributed by atoms with Gasteiger partial charge >= 0.3 is 5.97 Å². The number of nitro groups is 1. The second-order valence-electron chi connectivity index (χ2n) is 4.20. The highest BCUT2D eigenvalue weighted by Crippen LogP contribution is 2.22. The van der Waals surface area contributed by atoms with E-state index in [4.69, 9.17) is 5.11 Å². The highest BCUT2D eigenvalue weighted by atomic mass is 32.2. The van der Waals surface area contributed by atoms with E-state index in [1.165, 1.54) is 24.4 Å². The number of carbonyl (C=O) groups excluding carboxylic acids is 1. The first-order valence-electron chi connectivity index (χ1n) is 6.00. The molecule has 114 valence electrons. The molecular formula is C12H10N4O5S. The Morgan fingerprint density at radius 1 is 1.55 bits per heavy atom. The molecule has 0 bridgehead atoms. The van der Waals surface area contributed by atoms with Crippen LogP contribution in [0.2, 0.25) is 0 Å². The summed E-state index contributed by atoms with van der Waals surface area (Å²) in [5.74, 6) is -1.51. The molecule has 1 fully saturated rings. The number of carbonyl (C=O) groups is 2. The van der Waals surface area contributed by atoms with Gasteiger partial charge in [-0.2, -0.15) is 5.10 Å². The Balaban J connectivity index is 2.03. The summed E-state index contributed by atoms with van der Waals surface area (Å²) in [6, 6.07) is 5.82. The van der Waals surface area contributed by atoms with Gasteiger partial charge in [0.2, 0.25) is 5.91 Å². The second-order valence-corrected chi connectivity index (χ2v) is 5.39. The van der Waals surface area contributed by atoms with Gasteiger partial charge in [-0.1, -0.05) is 23.9 Å². The largest absolute Gasteiger partial charge is 0.481 e. The number of amidine groups is 1. The lowest BCUT2D eigenvalue weighted by Crippen LogP contribution is -2.26. The van der Waals surface area contributed by atoms with Crippen molar-refractivity contribution in [1.29, 1.82) is 0 Å². The van der Waals surface area contributed by atoms with E-state index in [-0.39, 0.29) is 17.3 Å². The number of benzene rings is 1. The van der Waals surface area contributed by atoms with E-state index in [1.807, 2.05) is 0 Å². The topological polar surface area (TPSA) is 134 Å². The summed E-state index contributed by atoms with van der Waals surface area (Å²) >= 11 is 0.977. The normalized spacial score (nSPS) is 19.5. The fourth-order valence-corrected chi connectivity index (χ4v) is 2.53. The lowest BCUT2D eigenvalue weighted by Gasteiger charge is -1.97. The van der Waals surface area contributed by atoms with Gasteiger partial charge in [0, 0.05) is 17.7 Å². The van der Waals surface area contributed by atoms with Gasteiger partial charge in [0.1, 0.15) is 5.25 Å². The Morgan fingerprint density at radius 3 is 3.00 bits per heavy atom. The molecule has 0 aliphatic carbocycles. The van der Waals surface area contributed by atoms with Gasteiger partial charge in [-0.25, -0.2) is 0 Å². The molecule has 1 aromatic rings. The van der Waals surface area contributed by atoms with Gasteiger partial charge in [0.15, 0.2) is 5.17 Å². The number of nitrogens with zero attached hydrogens (tertiary/aromatic N) is 3. The third-order valence-electron chi connectivity index (χ3n) is 2.57. The van der Waals surface area contributed by atoms with Gasteiger partial charge in [0.05, 0.1) is 17.6 Å². The lowest BCUT2D eigenvalue weighted by molar-refractivity contribution is -0.384. The Labute approximate surface area is 128 Å². The third-order valence-corrected chi connectivity index (χ3v) is 3.65. The summed E-state index contributed by atoms with van der Waals surface area (Å²) in [5.41, 5.74) is 0.414. The van der Waals surface area contributed by atoms with Crippen LogP contribution >= 0.6 is 11.8 Å². The molecule has 0 saturated carbocycles. The zero-order valence-corrected chi connectivity index (χ0v) is 11.8. The molecule has 22 heavy (non-hydrogen) atoms. The fourth-order valence-electron chi connectivity index (χ4n) is 1.61. The Morgan fingerprint density at radius 2 is 2.32 bits per heavy atom. The monoisotopic (exact) mass is 322 g/mol. The van der Waals surface area contributed by atoms with Crippen molar-refractivity contribution < 1.29 is 19.6 Å². The van der Waals surface area contributed by atoms with Gasteiger partial charge in [-0.3, -0.25) is 19.7 Å². The zero-order valence-electron chi connectivity index (χ0n) is 11.0. The fraction of sp³-hybridized carbons (Fsp3) is 0.167. The summed E-state index contributed by atoms with van der Waals surface area (Å²) in [4.78, 5) is 32.2. The average Bonchev–Trinajstić information content (AvgIpc) is 2.78. The molecule has 1 amide bonds. The maximum absolute atomic E-state index is 11.5. The molecule has 0 spiro atoms. The number of hydrogen-bond acceptors (Lipinski definition) is 7. The second kappa shape index (κ2) is 6.80. The van der Waals surface area contributed by atoms with Crippen molar-refractivity contribution in [3.8, 4) is 0 Å². The van der Waals surface area contributed by atoms with Crippen molar-refractivity contribution in [1.82, 2.24) is 5.32 Å². The molecule has 1 atom stereocenters. The maximum Gasteiger partial charge on any atom is 0.305 e. The molecule has 1 heterocycles. The Kier molecular flexibility index (Phi) is 4.84. The van der Waals surface area contributed by atoms with E-state index in [9.17, 15) is 19.7 Å². The molecule has 0 radical (unpaired) electrons. The maximum atomic E-state index is 11.5. The number of non-ortho nitro benzene ring substituents is 1. The predicted molar refractivity (Wildman–Crippen MR) is 79.9 cm³/mol. The van der Waals surface area contributed by atoms with Crippen LogP contribution in [0.1, 0.15) is 12.0 Å². The molecule has 1 aliphatic rings. The molecule has 1 saturated heterocycles. The standard InChI is InChI=1S/C12H10N4O5S/c17-10(18)5-9-11(19)14-12(22-9)15-13-6-7-2-1-3-8(4-7)16(20)21/h1-4,6,9H,5H2,(H,17,18)(H,14,15,19)/b13-6+/t9-/m0/s1. The molecule has 1 aromatic carbocycles. The van der Waals surface area contributed by atoms with Gasteiger partial charge in [-0.15, -0.1) is 5.10 Å². The zero-order chi connectivity index (χ0) is 16.1. The molecule has 9 nitrogen and oxygen atoms in total. The summed E-state index contributed by atoms with van der Waals surface area (Å²) in [6.07, 6.45) is 1.00. The summed E-state index contributed by atoms with van der Waals surface area (Å²) < 4.78 is 0. The summed E-state index contributed by atoms with van der Waals surface area (Å²) in [6.45, 7) is 0. The van der Waals surface area contributed by atoms with Crippen molar-refractivity contribution >= 4 is 40.7 Å². The van der Waals surface area contributed by atoms with Crippen LogP contribution in [0.5, 0.6) is 0 Å². The highest BCUT2D eigenvalue weighted by Gasteiger charge is 2.32. The number of carboxylic acids is 1. The number of carboxylic acid groups (broad SMARTS) is 1. The van der Waals surface area contributed by atoms with Crippen LogP contribution in [0.15, 0.2) is 34.5 Å². The van der Waals surface area contributed by atoms with Crippen molar-refractivity contribution in [3.63, 3.8) is 0 Å². The van der Waals surface area contributed by atoms with Crippen LogP contribution in [0.4, 0.5) is 5.69 Å². The first-order chi connectivity index (χ1) is 10.5. The average molecular weight is 322 g/mol. The number of hydrogen-bond donors (Lipinski definition) is 2. The highest BCUT2D eigenvalue weighted by molar-refractivity contribution is 8.15. The minimum Gasteiger partial charge on any atom is -0.481 e. The molecule has 2 N–H and O–H groups in total. The van der Waals surface area contributed by atoms with Crippen LogP contribution in [0.3, 0.4) is 0 Å². The van der Waals surface area contributed by atoms with Crippen LogP contribution in [0, 0.1) is 10.1 Å². The molecule has 10 heteroatoms. The number of thioether (sulfide) groups is 1. The number of nitrogens with one attached hydrogen (secondary N) is 1. The molecule has 1 aliphatic heterocycles. The van der Waals surface area contributed by atoms with Crippen LogP contribution < -0.4 is 5.32 Å². The van der Waals surface area contributed by atoms with E-state index in [0.717, 1.165) is 11.8 Å². The van der Waals surface area contributed by atoms with Gasteiger partial charge in [0.25, 0.3) is 5.69 Å². The van der Waals surface area contributed by atoms with Crippen LogP contribution in [0.25, 0.3) is 0 Å². The van der Waals surface area contributed by atoms with Gasteiger partial charge < -0.3 is 10.4 Å². The smallest absolute Gasteiger partial charge is 0.305 e. The van der Waals surface area contributed by atoms with E-state index in [0.29, 0.717) is 5.56 Å². The number of amides is 1. The van der Waals surface area contributed by atoms with Crippen molar-refractivity contribution in [2.75, 3.05) is 0 Å². The lowest BCUT2D eigenvalue weighted by atomic mass is 10.2. The predicted octanol–water partition coefficient (Wildman–Crippen LogP) is 0.991. The Hall–Kier alpha value is -2.75. The van der Waals surface area contributed by atoms with E-state index in [1.54, 1.807) is 6.07 Å². The molecular weight excluding hydrogens is 312 g/mol. The van der Waals surface area contributed by atoms with E-state index in [2.05, 4.69) is 15.5 Å². The number of nitro benzene ring substituents is 1. The summed E-state index contributed by atoms with van der Waals surface area (Å²) in [7, 11) is 0. The first-order valence-corrected chi connectivity index (χ1v) is 6.88. The van der Waals surface area contributed by atoms with Crippen LogP contribution in [-0.4, -0.2) is 38.5 Å². The van der Waals surface area contributed by atoms with E-state index < -0.39 is 22.0 Å². The minimum absolute atomic E-state index is 0.0679. The molecule has 0 aromatic heterocycles. The van der Waals surface area contributed by atoms with E-state index >= 15 is 0 Å². The number of aliphatic carboxylic acids is 1. The molecule has 0 unspecified atom stereocenters. The van der Waals surface area contributed by atoms with Crippen molar-refractivity contribution in [2.45, 2.75) is 11.7 Å². The molecule has 2 rings (SSSR count). The van der Waals surface area contributed by atoms with Crippen LogP contribution in [-0.2, 0) is 9.59 Å². The first kappa shape index (κ1) is 15.6. The van der Waals surface area contributed by atoms with Crippen molar-refractivity contribution in [2.24, 2.45) is 10.2 Å². The minimum atomic E-state index is -1.08. The SMILES string of the molecule is O=C(O)C[C@@H]1S/C(=N\N=C\c2cccc([N+](=O)[O-])c2)NC1=O. The quantitative estimate of drug-likeness (QED) is 0.471.